The van der Waals surface area contributed by atoms with Gasteiger partial charge in [0.25, 0.3) is 0 Å². The minimum atomic E-state index is -0.311. The smallest absolute Gasteiger partial charge is 0.229 e. The van der Waals surface area contributed by atoms with Gasteiger partial charge in [0.15, 0.2) is 0 Å². The summed E-state index contributed by atoms with van der Waals surface area (Å²) >= 11 is 4.85. The predicted molar refractivity (Wildman–Crippen MR) is 67.6 cm³/mol. The molecule has 0 saturated carbocycles. The molecule has 1 atom stereocenters. The Hall–Kier alpha value is -0.640. The fourth-order valence-electron chi connectivity index (χ4n) is 1.46. The van der Waals surface area contributed by atoms with Crippen LogP contribution in [0.3, 0.4) is 0 Å². The highest BCUT2D eigenvalue weighted by atomic mass is 32.1. The highest BCUT2D eigenvalue weighted by molar-refractivity contribution is 7.80. The number of amides is 1. The first kappa shape index (κ1) is 14.4. The van der Waals surface area contributed by atoms with E-state index in [2.05, 4.69) is 19.2 Å². The molecule has 0 fully saturated rings. The largest absolute Gasteiger partial charge is 0.393 e. The summed E-state index contributed by atoms with van der Waals surface area (Å²) in [7, 11) is 0. The first-order valence-corrected chi connectivity index (χ1v) is 6.04. The lowest BCUT2D eigenvalue weighted by molar-refractivity contribution is -0.123. The van der Waals surface area contributed by atoms with Gasteiger partial charge in [-0.15, -0.1) is 0 Å². The summed E-state index contributed by atoms with van der Waals surface area (Å²) in [5.41, 5.74) is 5.49. The van der Waals surface area contributed by atoms with Gasteiger partial charge in [0, 0.05) is 6.54 Å². The summed E-state index contributed by atoms with van der Waals surface area (Å²) in [6, 6.07) is 0. The van der Waals surface area contributed by atoms with Crippen molar-refractivity contribution >= 4 is 23.1 Å². The highest BCUT2D eigenvalue weighted by Crippen LogP contribution is 2.07. The lowest BCUT2D eigenvalue weighted by Crippen LogP contribution is -2.39. The molecule has 0 bridgehead atoms. The zero-order valence-corrected chi connectivity index (χ0v) is 10.7. The standard InChI is InChI=1S/C11H22N2OS/c1-4-8(5-2)7-13-11(14)9(6-3)10(12)15/h8-9H,4-7H2,1-3H3,(H2,12,15)(H,13,14). The molecule has 1 amide bonds. The van der Waals surface area contributed by atoms with Crippen molar-refractivity contribution in [2.75, 3.05) is 6.54 Å². The number of carbonyl (C=O) groups excluding carboxylic acids is 1. The summed E-state index contributed by atoms with van der Waals surface area (Å²) in [6.07, 6.45) is 2.84. The zero-order chi connectivity index (χ0) is 11.8. The van der Waals surface area contributed by atoms with Gasteiger partial charge in [0.2, 0.25) is 5.91 Å². The second-order valence-corrected chi connectivity index (χ2v) is 4.26. The third-order valence-corrected chi connectivity index (χ3v) is 3.07. The Kier molecular flexibility index (Phi) is 7.30. The van der Waals surface area contributed by atoms with E-state index in [9.17, 15) is 4.79 Å². The number of hydrogen-bond acceptors (Lipinski definition) is 2. The lowest BCUT2D eigenvalue weighted by Gasteiger charge is -2.17. The second kappa shape index (κ2) is 7.63. The lowest BCUT2D eigenvalue weighted by atomic mass is 10.0. The molecular weight excluding hydrogens is 208 g/mol. The number of nitrogens with one attached hydrogen (secondary N) is 1. The molecule has 0 spiro atoms. The number of nitrogens with two attached hydrogens (primary N) is 1. The molecule has 0 aromatic rings. The Morgan fingerprint density at radius 1 is 1.27 bits per heavy atom. The van der Waals surface area contributed by atoms with E-state index >= 15 is 0 Å². The minimum absolute atomic E-state index is 0.0306. The van der Waals surface area contributed by atoms with Crippen LogP contribution in [-0.2, 0) is 4.79 Å². The minimum Gasteiger partial charge on any atom is -0.393 e. The fourth-order valence-corrected chi connectivity index (χ4v) is 1.73. The summed E-state index contributed by atoms with van der Waals surface area (Å²) in [6.45, 7) is 6.90. The molecule has 0 heterocycles. The summed E-state index contributed by atoms with van der Waals surface area (Å²) in [5, 5.41) is 2.91. The van der Waals surface area contributed by atoms with E-state index < -0.39 is 0 Å². The van der Waals surface area contributed by atoms with E-state index in [0.717, 1.165) is 19.4 Å². The highest BCUT2D eigenvalue weighted by Gasteiger charge is 2.19. The van der Waals surface area contributed by atoms with Gasteiger partial charge in [-0.05, 0) is 12.3 Å². The molecule has 0 aromatic carbocycles. The molecule has 0 radical (unpaired) electrons. The van der Waals surface area contributed by atoms with Crippen molar-refractivity contribution in [2.45, 2.75) is 40.0 Å². The van der Waals surface area contributed by atoms with Crippen LogP contribution in [0.4, 0.5) is 0 Å². The van der Waals surface area contributed by atoms with Crippen LogP contribution in [0.15, 0.2) is 0 Å². The van der Waals surface area contributed by atoms with Gasteiger partial charge >= 0.3 is 0 Å². The quantitative estimate of drug-likeness (QED) is 0.656. The van der Waals surface area contributed by atoms with Crippen LogP contribution >= 0.6 is 12.2 Å². The van der Waals surface area contributed by atoms with E-state index in [1.165, 1.54) is 0 Å². The van der Waals surface area contributed by atoms with Gasteiger partial charge in [-0.3, -0.25) is 4.79 Å². The van der Waals surface area contributed by atoms with Crippen LogP contribution < -0.4 is 11.1 Å². The van der Waals surface area contributed by atoms with Gasteiger partial charge in [-0.1, -0.05) is 45.8 Å². The number of carbonyl (C=O) groups is 1. The van der Waals surface area contributed by atoms with Crippen molar-refractivity contribution < 1.29 is 4.79 Å². The summed E-state index contributed by atoms with van der Waals surface area (Å²) in [4.78, 5) is 12.0. The monoisotopic (exact) mass is 230 g/mol. The Morgan fingerprint density at radius 3 is 2.13 bits per heavy atom. The molecule has 88 valence electrons. The Balaban J connectivity index is 4.06. The molecular formula is C11H22N2OS. The molecule has 0 rings (SSSR count). The van der Waals surface area contributed by atoms with Gasteiger partial charge in [-0.2, -0.15) is 0 Å². The third-order valence-electron chi connectivity index (χ3n) is 2.79. The average Bonchev–Trinajstić information content (AvgIpc) is 2.19. The van der Waals surface area contributed by atoms with Crippen LogP contribution in [0, 0.1) is 11.8 Å². The first-order valence-electron chi connectivity index (χ1n) is 5.63. The molecule has 3 nitrogen and oxygen atoms in total. The Morgan fingerprint density at radius 2 is 1.80 bits per heavy atom. The second-order valence-electron chi connectivity index (χ2n) is 3.79. The third kappa shape index (κ3) is 5.11. The predicted octanol–water partition coefficient (Wildman–Crippen LogP) is 1.85. The van der Waals surface area contributed by atoms with Crippen molar-refractivity contribution in [1.82, 2.24) is 5.32 Å². The van der Waals surface area contributed by atoms with Crippen LogP contribution in [0.2, 0.25) is 0 Å². The van der Waals surface area contributed by atoms with Crippen LogP contribution in [-0.4, -0.2) is 17.4 Å². The van der Waals surface area contributed by atoms with Crippen molar-refractivity contribution in [3.05, 3.63) is 0 Å². The maximum atomic E-state index is 11.7. The van der Waals surface area contributed by atoms with Crippen molar-refractivity contribution in [1.29, 1.82) is 0 Å². The molecule has 3 N–H and O–H groups in total. The molecule has 0 aliphatic rings. The van der Waals surface area contributed by atoms with E-state index in [1.807, 2.05) is 6.92 Å². The van der Waals surface area contributed by atoms with Gasteiger partial charge in [0.1, 0.15) is 0 Å². The maximum Gasteiger partial charge on any atom is 0.229 e. The normalized spacial score (nSPS) is 12.5. The van der Waals surface area contributed by atoms with E-state index in [1.54, 1.807) is 0 Å². The molecule has 0 aliphatic heterocycles. The molecule has 0 aromatic heterocycles. The van der Waals surface area contributed by atoms with Gasteiger partial charge in [-0.25, -0.2) is 0 Å². The summed E-state index contributed by atoms with van der Waals surface area (Å²) < 4.78 is 0. The van der Waals surface area contributed by atoms with Crippen molar-refractivity contribution in [2.24, 2.45) is 17.6 Å². The molecule has 0 saturated heterocycles. The van der Waals surface area contributed by atoms with E-state index in [4.69, 9.17) is 18.0 Å². The Bertz CT molecular complexity index is 215. The van der Waals surface area contributed by atoms with Crippen molar-refractivity contribution in [3.8, 4) is 0 Å². The zero-order valence-electron chi connectivity index (χ0n) is 9.88. The van der Waals surface area contributed by atoms with Crippen LogP contribution in [0.1, 0.15) is 40.0 Å². The average molecular weight is 230 g/mol. The first-order chi connectivity index (χ1) is 7.06. The maximum absolute atomic E-state index is 11.7. The molecule has 0 aliphatic carbocycles. The van der Waals surface area contributed by atoms with Gasteiger partial charge in [0.05, 0.1) is 10.9 Å². The Labute approximate surface area is 97.8 Å². The fraction of sp³-hybridized carbons (Fsp3) is 0.818. The number of rotatable bonds is 7. The molecule has 15 heavy (non-hydrogen) atoms. The van der Waals surface area contributed by atoms with Gasteiger partial charge < -0.3 is 11.1 Å². The summed E-state index contributed by atoms with van der Waals surface area (Å²) in [5.74, 6) is 0.212. The SMILES string of the molecule is CCC(CC)CNC(=O)C(CC)C(N)=S. The number of hydrogen-bond donors (Lipinski definition) is 2. The van der Waals surface area contributed by atoms with Crippen LogP contribution in [0.25, 0.3) is 0 Å². The molecule has 4 heteroatoms. The van der Waals surface area contributed by atoms with Crippen molar-refractivity contribution in [3.63, 3.8) is 0 Å². The topological polar surface area (TPSA) is 55.1 Å². The number of thiocarbonyl (C=S) groups is 1. The van der Waals surface area contributed by atoms with Crippen LogP contribution in [0.5, 0.6) is 0 Å². The van der Waals surface area contributed by atoms with E-state index in [0.29, 0.717) is 17.3 Å². The van der Waals surface area contributed by atoms with E-state index in [-0.39, 0.29) is 11.8 Å². The molecule has 1 unspecified atom stereocenters.